The molecule has 0 saturated carbocycles. The van der Waals surface area contributed by atoms with Crippen LogP contribution in [-0.4, -0.2) is 60.7 Å². The summed E-state index contributed by atoms with van der Waals surface area (Å²) in [6.07, 6.45) is 4.85. The zero-order valence-corrected chi connectivity index (χ0v) is 12.6. The summed E-state index contributed by atoms with van der Waals surface area (Å²) in [5.74, 6) is 0.690. The van der Waals surface area contributed by atoms with E-state index in [0.717, 1.165) is 26.2 Å². The summed E-state index contributed by atoms with van der Waals surface area (Å²) in [6, 6.07) is 0.513. The lowest BCUT2D eigenvalue weighted by molar-refractivity contribution is -0.107. The second-order valence-corrected chi connectivity index (χ2v) is 6.87. The molecule has 0 amide bonds. The van der Waals surface area contributed by atoms with Crippen molar-refractivity contribution in [3.8, 4) is 0 Å². The first-order chi connectivity index (χ1) is 9.24. The van der Waals surface area contributed by atoms with Gasteiger partial charge in [0.2, 0.25) is 0 Å². The maximum atomic E-state index is 6.06. The molecule has 3 rings (SSSR count). The lowest BCUT2D eigenvalue weighted by Gasteiger charge is -2.47. The number of ether oxygens (including phenoxy) is 1. The van der Waals surface area contributed by atoms with Gasteiger partial charge in [0.25, 0.3) is 0 Å². The molecule has 19 heavy (non-hydrogen) atoms. The third-order valence-electron chi connectivity index (χ3n) is 4.32. The van der Waals surface area contributed by atoms with Crippen LogP contribution in [0.15, 0.2) is 11.6 Å². The van der Waals surface area contributed by atoms with Gasteiger partial charge in [-0.3, -0.25) is 4.90 Å². The third-order valence-corrected chi connectivity index (χ3v) is 5.08. The molecule has 3 heterocycles. The van der Waals surface area contributed by atoms with Gasteiger partial charge < -0.3 is 9.64 Å². The van der Waals surface area contributed by atoms with E-state index < -0.39 is 0 Å². The summed E-state index contributed by atoms with van der Waals surface area (Å²) >= 11 is 1.76. The highest BCUT2D eigenvalue weighted by atomic mass is 32.1. The Labute approximate surface area is 119 Å². The summed E-state index contributed by atoms with van der Waals surface area (Å²) in [5, 5.41) is 3.29. The third kappa shape index (κ3) is 2.99. The summed E-state index contributed by atoms with van der Waals surface area (Å²) in [5.41, 5.74) is 0. The summed E-state index contributed by atoms with van der Waals surface area (Å²) < 4.78 is 6.06. The van der Waals surface area contributed by atoms with Crippen molar-refractivity contribution >= 4 is 11.3 Å². The molecule has 2 fully saturated rings. The van der Waals surface area contributed by atoms with Crippen molar-refractivity contribution in [2.24, 2.45) is 5.92 Å². The van der Waals surface area contributed by atoms with Gasteiger partial charge in [0, 0.05) is 37.3 Å². The summed E-state index contributed by atoms with van der Waals surface area (Å²) in [7, 11) is 4.35. The molecule has 0 unspecified atom stereocenters. The first-order valence-corrected chi connectivity index (χ1v) is 8.01. The first-order valence-electron chi connectivity index (χ1n) is 7.13. The highest BCUT2D eigenvalue weighted by Crippen LogP contribution is 2.31. The molecule has 0 bridgehead atoms. The first kappa shape index (κ1) is 13.5. The van der Waals surface area contributed by atoms with E-state index >= 15 is 0 Å². The molecule has 1 aromatic heterocycles. The minimum atomic E-state index is 0.427. The fourth-order valence-electron chi connectivity index (χ4n) is 3.37. The minimum absolute atomic E-state index is 0.427. The van der Waals surface area contributed by atoms with Crippen LogP contribution in [0.3, 0.4) is 0 Å². The van der Waals surface area contributed by atoms with E-state index in [1.807, 2.05) is 6.20 Å². The predicted octanol–water partition coefficient (Wildman–Crippen LogP) is 1.68. The molecule has 5 heteroatoms. The number of fused-ring (bicyclic) bond motifs is 1. The zero-order chi connectivity index (χ0) is 13.2. The molecule has 0 radical (unpaired) electrons. The van der Waals surface area contributed by atoms with Gasteiger partial charge in [0.05, 0.1) is 12.6 Å². The molecule has 4 nitrogen and oxygen atoms in total. The average Bonchev–Trinajstić information content (AvgIpc) is 2.90. The van der Waals surface area contributed by atoms with Crippen LogP contribution in [0.2, 0.25) is 0 Å². The van der Waals surface area contributed by atoms with Crippen molar-refractivity contribution in [3.05, 3.63) is 16.6 Å². The van der Waals surface area contributed by atoms with Gasteiger partial charge in [-0.15, -0.1) is 11.3 Å². The van der Waals surface area contributed by atoms with E-state index in [-0.39, 0.29) is 0 Å². The normalized spacial score (nSPS) is 32.5. The number of likely N-dealkylation sites (N-methyl/N-ethyl adjacent to an activating group) is 1. The Morgan fingerprint density at radius 2 is 2.37 bits per heavy atom. The van der Waals surface area contributed by atoms with E-state index in [0.29, 0.717) is 18.1 Å². The SMILES string of the molecule is CN(C)[C@@H]1CN(Cc2nccs2)C[C@@H]2CCCO[C@@H]21. The monoisotopic (exact) mass is 281 g/mol. The molecule has 0 spiro atoms. The van der Waals surface area contributed by atoms with Crippen LogP contribution < -0.4 is 0 Å². The van der Waals surface area contributed by atoms with Crippen LogP contribution in [0.25, 0.3) is 0 Å². The number of hydrogen-bond donors (Lipinski definition) is 0. The van der Waals surface area contributed by atoms with Crippen LogP contribution in [-0.2, 0) is 11.3 Å². The van der Waals surface area contributed by atoms with Crippen LogP contribution in [0.5, 0.6) is 0 Å². The highest BCUT2D eigenvalue weighted by Gasteiger charge is 2.40. The van der Waals surface area contributed by atoms with Gasteiger partial charge in [-0.05, 0) is 32.9 Å². The van der Waals surface area contributed by atoms with E-state index in [1.165, 1.54) is 17.8 Å². The molecule has 2 aliphatic rings. The lowest BCUT2D eigenvalue weighted by Crippen LogP contribution is -2.59. The Morgan fingerprint density at radius 3 is 3.11 bits per heavy atom. The van der Waals surface area contributed by atoms with Gasteiger partial charge in [0.15, 0.2) is 0 Å². The Balaban J connectivity index is 1.70. The van der Waals surface area contributed by atoms with Crippen LogP contribution in [0, 0.1) is 5.92 Å². The van der Waals surface area contributed by atoms with Crippen molar-refractivity contribution in [1.82, 2.24) is 14.8 Å². The molecular formula is C14H23N3OS. The Morgan fingerprint density at radius 1 is 1.47 bits per heavy atom. The quantitative estimate of drug-likeness (QED) is 0.843. The average molecular weight is 281 g/mol. The Hall–Kier alpha value is -0.490. The molecule has 1 aromatic rings. The fraction of sp³-hybridized carbons (Fsp3) is 0.786. The van der Waals surface area contributed by atoms with E-state index in [2.05, 4.69) is 34.3 Å². The van der Waals surface area contributed by atoms with Gasteiger partial charge in [-0.25, -0.2) is 4.98 Å². The molecule has 2 aliphatic heterocycles. The van der Waals surface area contributed by atoms with E-state index in [9.17, 15) is 0 Å². The smallest absolute Gasteiger partial charge is 0.107 e. The molecule has 2 saturated heterocycles. The Kier molecular flexibility index (Phi) is 4.17. The molecular weight excluding hydrogens is 258 g/mol. The van der Waals surface area contributed by atoms with Gasteiger partial charge in [-0.1, -0.05) is 0 Å². The predicted molar refractivity (Wildman–Crippen MR) is 77.3 cm³/mol. The number of thiazole rings is 1. The molecule has 106 valence electrons. The minimum Gasteiger partial charge on any atom is -0.376 e. The number of likely N-dealkylation sites (tertiary alicyclic amines) is 1. The maximum absolute atomic E-state index is 6.06. The molecule has 3 atom stereocenters. The van der Waals surface area contributed by atoms with E-state index in [1.54, 1.807) is 11.3 Å². The molecule has 0 aromatic carbocycles. The number of aromatic nitrogens is 1. The van der Waals surface area contributed by atoms with Crippen LogP contribution in [0.1, 0.15) is 17.8 Å². The highest BCUT2D eigenvalue weighted by molar-refractivity contribution is 7.09. The van der Waals surface area contributed by atoms with Crippen molar-refractivity contribution in [1.29, 1.82) is 0 Å². The number of rotatable bonds is 3. The van der Waals surface area contributed by atoms with Gasteiger partial charge in [-0.2, -0.15) is 0 Å². The fourth-order valence-corrected chi connectivity index (χ4v) is 4.03. The number of piperidine rings is 1. The van der Waals surface area contributed by atoms with Crippen LogP contribution >= 0.6 is 11.3 Å². The summed E-state index contributed by atoms with van der Waals surface area (Å²) in [4.78, 5) is 9.30. The van der Waals surface area contributed by atoms with Crippen molar-refractivity contribution in [2.75, 3.05) is 33.8 Å². The van der Waals surface area contributed by atoms with E-state index in [4.69, 9.17) is 4.74 Å². The molecule has 0 N–H and O–H groups in total. The van der Waals surface area contributed by atoms with Gasteiger partial charge >= 0.3 is 0 Å². The second kappa shape index (κ2) is 5.87. The number of nitrogens with zero attached hydrogens (tertiary/aromatic N) is 3. The Bertz CT molecular complexity index is 395. The topological polar surface area (TPSA) is 28.6 Å². The van der Waals surface area contributed by atoms with Crippen molar-refractivity contribution in [3.63, 3.8) is 0 Å². The van der Waals surface area contributed by atoms with Crippen molar-refractivity contribution < 1.29 is 4.74 Å². The van der Waals surface area contributed by atoms with Crippen molar-refractivity contribution in [2.45, 2.75) is 31.5 Å². The second-order valence-electron chi connectivity index (χ2n) is 5.89. The van der Waals surface area contributed by atoms with Gasteiger partial charge in [0.1, 0.15) is 5.01 Å². The standard InChI is InChI=1S/C14H23N3OS/c1-16(2)12-9-17(10-13-15-5-7-19-13)8-11-4-3-6-18-14(11)12/h5,7,11-12,14H,3-4,6,8-10H2,1-2H3/t11-,12+,14-/m0/s1. The largest absolute Gasteiger partial charge is 0.376 e. The lowest BCUT2D eigenvalue weighted by atomic mass is 9.85. The maximum Gasteiger partial charge on any atom is 0.107 e. The molecule has 0 aliphatic carbocycles. The number of hydrogen-bond acceptors (Lipinski definition) is 5. The van der Waals surface area contributed by atoms with Crippen LogP contribution in [0.4, 0.5) is 0 Å². The zero-order valence-electron chi connectivity index (χ0n) is 11.8. The summed E-state index contributed by atoms with van der Waals surface area (Å²) in [6.45, 7) is 4.19.